The highest BCUT2D eigenvalue weighted by molar-refractivity contribution is 5.86. The number of aliphatic hydroxyl groups excluding tert-OH is 1. The molecule has 0 saturated heterocycles. The number of carbonyl (C=O) groups is 1. The number of hydrogen-bond donors (Lipinski definition) is 1. The summed E-state index contributed by atoms with van der Waals surface area (Å²) in [5, 5.41) is 9.32. The molecule has 0 saturated carbocycles. The standard InChI is InChI=1S/C15H28O3/c1-5-7-13(10-16)9-14(8-6-2)11-18-15(17)12(3)4/h13-14,16H,3,5-11H2,1-2,4H3. The van der Waals surface area contributed by atoms with Crippen LogP contribution in [0.25, 0.3) is 0 Å². The first-order chi connectivity index (χ1) is 8.54. The molecule has 0 aromatic heterocycles. The van der Waals surface area contributed by atoms with E-state index in [-0.39, 0.29) is 12.6 Å². The summed E-state index contributed by atoms with van der Waals surface area (Å²) in [5.74, 6) is 0.365. The molecule has 3 nitrogen and oxygen atoms in total. The van der Waals surface area contributed by atoms with Gasteiger partial charge in [0.1, 0.15) is 0 Å². The lowest BCUT2D eigenvalue weighted by molar-refractivity contribution is -0.140. The maximum atomic E-state index is 11.4. The van der Waals surface area contributed by atoms with Gasteiger partial charge in [0.25, 0.3) is 0 Å². The number of hydrogen-bond acceptors (Lipinski definition) is 3. The molecule has 106 valence electrons. The van der Waals surface area contributed by atoms with Gasteiger partial charge in [0.05, 0.1) is 6.61 Å². The van der Waals surface area contributed by atoms with Crippen LogP contribution in [0.3, 0.4) is 0 Å². The van der Waals surface area contributed by atoms with Gasteiger partial charge in [0, 0.05) is 12.2 Å². The monoisotopic (exact) mass is 256 g/mol. The van der Waals surface area contributed by atoms with E-state index in [0.29, 0.717) is 24.0 Å². The summed E-state index contributed by atoms with van der Waals surface area (Å²) < 4.78 is 5.22. The van der Waals surface area contributed by atoms with E-state index >= 15 is 0 Å². The molecule has 0 aliphatic rings. The zero-order chi connectivity index (χ0) is 14.0. The molecule has 0 amide bonds. The summed E-state index contributed by atoms with van der Waals surface area (Å²) in [5.41, 5.74) is 0.442. The van der Waals surface area contributed by atoms with Crippen molar-refractivity contribution in [2.75, 3.05) is 13.2 Å². The second-order valence-corrected chi connectivity index (χ2v) is 5.11. The highest BCUT2D eigenvalue weighted by Gasteiger charge is 2.17. The summed E-state index contributed by atoms with van der Waals surface area (Å²) in [6, 6.07) is 0. The van der Waals surface area contributed by atoms with E-state index < -0.39 is 0 Å². The number of aliphatic hydroxyl groups is 1. The van der Waals surface area contributed by atoms with E-state index in [2.05, 4.69) is 20.4 Å². The summed E-state index contributed by atoms with van der Waals surface area (Å²) in [7, 11) is 0. The Bertz CT molecular complexity index is 248. The van der Waals surface area contributed by atoms with Crippen LogP contribution >= 0.6 is 0 Å². The summed E-state index contributed by atoms with van der Waals surface area (Å²) >= 11 is 0. The van der Waals surface area contributed by atoms with Crippen molar-refractivity contribution in [3.8, 4) is 0 Å². The summed E-state index contributed by atoms with van der Waals surface area (Å²) in [6.07, 6.45) is 5.14. The predicted molar refractivity (Wildman–Crippen MR) is 74.3 cm³/mol. The Morgan fingerprint density at radius 1 is 1.22 bits per heavy atom. The van der Waals surface area contributed by atoms with Crippen LogP contribution in [-0.4, -0.2) is 24.3 Å². The third kappa shape index (κ3) is 7.49. The third-order valence-corrected chi connectivity index (χ3v) is 3.12. The van der Waals surface area contributed by atoms with E-state index in [1.165, 1.54) is 0 Å². The fraction of sp³-hybridized carbons (Fsp3) is 0.800. The van der Waals surface area contributed by atoms with Gasteiger partial charge in [-0.1, -0.05) is 33.3 Å². The third-order valence-electron chi connectivity index (χ3n) is 3.12. The van der Waals surface area contributed by atoms with Gasteiger partial charge < -0.3 is 9.84 Å². The highest BCUT2D eigenvalue weighted by atomic mass is 16.5. The molecule has 0 fully saturated rings. The Balaban J connectivity index is 4.19. The highest BCUT2D eigenvalue weighted by Crippen LogP contribution is 2.21. The Kier molecular flexibility index (Phi) is 9.66. The Labute approximate surface area is 111 Å². The van der Waals surface area contributed by atoms with Gasteiger partial charge in [-0.25, -0.2) is 4.79 Å². The first-order valence-electron chi connectivity index (χ1n) is 6.98. The molecule has 0 aromatic rings. The Hall–Kier alpha value is -0.830. The molecule has 0 bridgehead atoms. The van der Waals surface area contributed by atoms with Gasteiger partial charge in [0.15, 0.2) is 0 Å². The van der Waals surface area contributed by atoms with E-state index in [1.54, 1.807) is 6.92 Å². The van der Waals surface area contributed by atoms with Crippen LogP contribution in [0.15, 0.2) is 12.2 Å². The van der Waals surface area contributed by atoms with E-state index in [4.69, 9.17) is 4.74 Å². The maximum Gasteiger partial charge on any atom is 0.333 e. The zero-order valence-electron chi connectivity index (χ0n) is 12.1. The quantitative estimate of drug-likeness (QED) is 0.482. The lowest BCUT2D eigenvalue weighted by atomic mass is 9.89. The van der Waals surface area contributed by atoms with Crippen LogP contribution in [0.4, 0.5) is 0 Å². The maximum absolute atomic E-state index is 11.4. The fourth-order valence-corrected chi connectivity index (χ4v) is 2.16. The first kappa shape index (κ1) is 17.2. The molecule has 2 atom stereocenters. The van der Waals surface area contributed by atoms with Crippen LogP contribution in [0.1, 0.15) is 52.9 Å². The van der Waals surface area contributed by atoms with Gasteiger partial charge in [-0.05, 0) is 38.0 Å². The fourth-order valence-electron chi connectivity index (χ4n) is 2.16. The number of esters is 1. The molecular formula is C15H28O3. The molecule has 0 heterocycles. The topological polar surface area (TPSA) is 46.5 Å². The van der Waals surface area contributed by atoms with Crippen molar-refractivity contribution in [3.63, 3.8) is 0 Å². The molecule has 0 aliphatic heterocycles. The van der Waals surface area contributed by atoms with Crippen molar-refractivity contribution in [1.29, 1.82) is 0 Å². The number of ether oxygens (including phenoxy) is 1. The summed E-state index contributed by atoms with van der Waals surface area (Å²) in [6.45, 7) is 10.1. The molecule has 0 rings (SSSR count). The molecule has 18 heavy (non-hydrogen) atoms. The largest absolute Gasteiger partial charge is 0.462 e. The molecule has 0 aliphatic carbocycles. The minimum atomic E-state index is -0.313. The minimum absolute atomic E-state index is 0.225. The van der Waals surface area contributed by atoms with Gasteiger partial charge >= 0.3 is 5.97 Å². The van der Waals surface area contributed by atoms with Crippen molar-refractivity contribution >= 4 is 5.97 Å². The molecule has 0 aromatic carbocycles. The van der Waals surface area contributed by atoms with Gasteiger partial charge in [-0.15, -0.1) is 0 Å². The van der Waals surface area contributed by atoms with Crippen LogP contribution in [0, 0.1) is 11.8 Å². The minimum Gasteiger partial charge on any atom is -0.462 e. The molecular weight excluding hydrogens is 228 g/mol. The first-order valence-corrected chi connectivity index (χ1v) is 6.98. The van der Waals surface area contributed by atoms with Crippen LogP contribution in [0.5, 0.6) is 0 Å². The van der Waals surface area contributed by atoms with Crippen LogP contribution in [0.2, 0.25) is 0 Å². The average Bonchev–Trinajstić information content (AvgIpc) is 2.34. The molecule has 3 heteroatoms. The second kappa shape index (κ2) is 10.1. The van der Waals surface area contributed by atoms with Crippen molar-refractivity contribution in [3.05, 3.63) is 12.2 Å². The lowest BCUT2D eigenvalue weighted by Gasteiger charge is -2.21. The smallest absolute Gasteiger partial charge is 0.333 e. The number of carbonyl (C=O) groups excluding carboxylic acids is 1. The van der Waals surface area contributed by atoms with Gasteiger partial charge in [-0.3, -0.25) is 0 Å². The van der Waals surface area contributed by atoms with Crippen LogP contribution in [-0.2, 0) is 9.53 Å². The second-order valence-electron chi connectivity index (χ2n) is 5.11. The van der Waals surface area contributed by atoms with Crippen molar-refractivity contribution in [1.82, 2.24) is 0 Å². The Morgan fingerprint density at radius 2 is 1.78 bits per heavy atom. The van der Waals surface area contributed by atoms with Gasteiger partial charge in [-0.2, -0.15) is 0 Å². The normalized spacial score (nSPS) is 14.0. The van der Waals surface area contributed by atoms with E-state index in [0.717, 1.165) is 32.1 Å². The average molecular weight is 256 g/mol. The van der Waals surface area contributed by atoms with Gasteiger partial charge in [0.2, 0.25) is 0 Å². The van der Waals surface area contributed by atoms with E-state index in [9.17, 15) is 9.90 Å². The van der Waals surface area contributed by atoms with Crippen molar-refractivity contribution in [2.24, 2.45) is 11.8 Å². The predicted octanol–water partition coefficient (Wildman–Crippen LogP) is 3.32. The SMILES string of the molecule is C=C(C)C(=O)OCC(CCC)CC(CO)CCC. The summed E-state index contributed by atoms with van der Waals surface area (Å²) in [4.78, 5) is 11.4. The van der Waals surface area contributed by atoms with Crippen molar-refractivity contribution < 1.29 is 14.6 Å². The zero-order valence-corrected chi connectivity index (χ0v) is 12.1. The molecule has 0 radical (unpaired) electrons. The molecule has 0 spiro atoms. The van der Waals surface area contributed by atoms with Crippen LogP contribution < -0.4 is 0 Å². The van der Waals surface area contributed by atoms with E-state index in [1.807, 2.05) is 0 Å². The lowest BCUT2D eigenvalue weighted by Crippen LogP contribution is -2.19. The Morgan fingerprint density at radius 3 is 2.22 bits per heavy atom. The number of rotatable bonds is 10. The van der Waals surface area contributed by atoms with Crippen molar-refractivity contribution in [2.45, 2.75) is 52.9 Å². The molecule has 1 N–H and O–H groups in total. The molecule has 2 unspecified atom stereocenters.